The van der Waals surface area contributed by atoms with E-state index in [1.807, 2.05) is 13.8 Å². The summed E-state index contributed by atoms with van der Waals surface area (Å²) in [5.41, 5.74) is 2.53. The van der Waals surface area contributed by atoms with Crippen LogP contribution in [0.1, 0.15) is 17.5 Å². The number of anilines is 1. The van der Waals surface area contributed by atoms with Gasteiger partial charge in [0.1, 0.15) is 6.54 Å². The minimum Gasteiger partial charge on any atom is -0.454 e. The van der Waals surface area contributed by atoms with Crippen LogP contribution in [0.5, 0.6) is 0 Å². The maximum absolute atomic E-state index is 12.8. The molecule has 1 aliphatic heterocycles. The van der Waals surface area contributed by atoms with Crippen molar-refractivity contribution in [1.82, 2.24) is 4.90 Å². The first-order chi connectivity index (χ1) is 14.6. The maximum Gasteiger partial charge on any atom is 0.326 e. The molecular weight excluding hydrogens is 600 g/mol. The van der Waals surface area contributed by atoms with Gasteiger partial charge in [0.2, 0.25) is 11.8 Å². The molecule has 10 heteroatoms. The van der Waals surface area contributed by atoms with Crippen LogP contribution in [0.2, 0.25) is 0 Å². The molecule has 6 atom stereocenters. The Hall–Kier alpha value is -1.26. The molecule has 31 heavy (non-hydrogen) atoms. The highest BCUT2D eigenvalue weighted by molar-refractivity contribution is 9.12. The number of likely N-dealkylation sites (tertiary alicyclic amines) is 1. The third-order valence-electron chi connectivity index (χ3n) is 6.45. The fourth-order valence-electron chi connectivity index (χ4n) is 5.10. The molecule has 0 aromatic heterocycles. The number of aryl methyl sites for hydroxylation is 2. The molecule has 0 radical (unpaired) electrons. The third kappa shape index (κ3) is 3.99. The van der Waals surface area contributed by atoms with Gasteiger partial charge in [0.25, 0.3) is 5.91 Å². The number of imide groups is 1. The van der Waals surface area contributed by atoms with E-state index < -0.39 is 25.0 Å². The minimum atomic E-state index is -0.780. The van der Waals surface area contributed by atoms with Crippen molar-refractivity contribution in [2.45, 2.75) is 29.9 Å². The van der Waals surface area contributed by atoms with E-state index in [9.17, 15) is 19.2 Å². The number of halogens is 3. The molecule has 0 spiro atoms. The zero-order valence-electron chi connectivity index (χ0n) is 16.9. The van der Waals surface area contributed by atoms with Crippen molar-refractivity contribution in [1.29, 1.82) is 0 Å². The van der Waals surface area contributed by atoms with E-state index in [0.29, 0.717) is 5.69 Å². The lowest BCUT2D eigenvalue weighted by Gasteiger charge is -2.28. The zero-order chi connectivity index (χ0) is 22.6. The number of fused-ring (bicyclic) bond motifs is 5. The third-order valence-corrected chi connectivity index (χ3v) is 10.9. The Labute approximate surface area is 205 Å². The second-order valence-corrected chi connectivity index (χ2v) is 11.3. The number of alkyl halides is 2. The molecule has 0 unspecified atom stereocenters. The zero-order valence-corrected chi connectivity index (χ0v) is 21.6. The molecule has 2 saturated carbocycles. The van der Waals surface area contributed by atoms with Gasteiger partial charge in [-0.25, -0.2) is 0 Å². The van der Waals surface area contributed by atoms with E-state index in [2.05, 4.69) is 53.1 Å². The number of carbonyl (C=O) groups excluding carboxylic acids is 4. The summed E-state index contributed by atoms with van der Waals surface area (Å²) in [5, 5.41) is 2.68. The summed E-state index contributed by atoms with van der Waals surface area (Å²) in [5.74, 6) is -2.49. The van der Waals surface area contributed by atoms with Crippen molar-refractivity contribution < 1.29 is 23.9 Å². The number of amides is 3. The molecule has 166 valence electrons. The fourth-order valence-corrected chi connectivity index (χ4v) is 7.20. The first-order valence-corrected chi connectivity index (χ1v) is 12.6. The average Bonchev–Trinajstić information content (AvgIpc) is 3.31. The van der Waals surface area contributed by atoms with Crippen LogP contribution in [0, 0.1) is 37.5 Å². The summed E-state index contributed by atoms with van der Waals surface area (Å²) in [4.78, 5) is 51.3. The van der Waals surface area contributed by atoms with E-state index in [-0.39, 0.29) is 45.1 Å². The number of rotatable bonds is 5. The molecule has 7 nitrogen and oxygen atoms in total. The van der Waals surface area contributed by atoms with Gasteiger partial charge in [-0.1, -0.05) is 47.8 Å². The minimum absolute atomic E-state index is 0.0837. The lowest BCUT2D eigenvalue weighted by Crippen LogP contribution is -2.38. The Morgan fingerprint density at radius 1 is 1.06 bits per heavy atom. The van der Waals surface area contributed by atoms with Gasteiger partial charge in [0, 0.05) is 19.8 Å². The van der Waals surface area contributed by atoms with Crippen molar-refractivity contribution in [3.05, 3.63) is 27.7 Å². The lowest BCUT2D eigenvalue weighted by molar-refractivity contribution is -0.154. The molecule has 1 aromatic carbocycles. The number of nitrogens with one attached hydrogen (secondary N) is 1. The molecule has 3 fully saturated rings. The molecule has 1 aromatic rings. The van der Waals surface area contributed by atoms with Gasteiger partial charge < -0.3 is 10.1 Å². The molecule has 1 heterocycles. The fraction of sp³-hybridized carbons (Fsp3) is 0.524. The Balaban J connectivity index is 1.32. The Morgan fingerprint density at radius 3 is 2.10 bits per heavy atom. The lowest BCUT2D eigenvalue weighted by atomic mass is 9.81. The van der Waals surface area contributed by atoms with E-state index in [1.54, 1.807) is 12.1 Å². The van der Waals surface area contributed by atoms with Crippen LogP contribution in [0.4, 0.5) is 5.69 Å². The molecule has 3 aliphatic rings. The number of nitrogens with zero attached hydrogens (tertiary/aromatic N) is 1. The summed E-state index contributed by atoms with van der Waals surface area (Å²) < 4.78 is 5.99. The van der Waals surface area contributed by atoms with Crippen molar-refractivity contribution >= 4 is 77.2 Å². The number of esters is 1. The van der Waals surface area contributed by atoms with Crippen LogP contribution >= 0.6 is 47.8 Å². The highest BCUT2D eigenvalue weighted by Crippen LogP contribution is 2.60. The van der Waals surface area contributed by atoms with Crippen LogP contribution in [0.15, 0.2) is 16.6 Å². The molecule has 4 rings (SSSR count). The van der Waals surface area contributed by atoms with Gasteiger partial charge in [-0.2, -0.15) is 0 Å². The normalized spacial score (nSPS) is 31.2. The highest BCUT2D eigenvalue weighted by Gasteiger charge is 2.66. The molecule has 1 saturated heterocycles. The van der Waals surface area contributed by atoms with Gasteiger partial charge >= 0.3 is 5.97 Å². The van der Waals surface area contributed by atoms with E-state index >= 15 is 0 Å². The number of ether oxygens (including phenoxy) is 1. The topological polar surface area (TPSA) is 92.8 Å². The maximum atomic E-state index is 12.8. The van der Waals surface area contributed by atoms with Crippen molar-refractivity contribution in [3.63, 3.8) is 0 Å². The highest BCUT2D eigenvalue weighted by atomic mass is 79.9. The molecule has 3 amide bonds. The number of hydrogen-bond donors (Lipinski definition) is 1. The largest absolute Gasteiger partial charge is 0.454 e. The van der Waals surface area contributed by atoms with E-state index in [1.165, 1.54) is 0 Å². The van der Waals surface area contributed by atoms with Crippen molar-refractivity contribution in [2.24, 2.45) is 23.7 Å². The quantitative estimate of drug-likeness (QED) is 0.310. The van der Waals surface area contributed by atoms with Gasteiger partial charge in [-0.05, 0) is 55.4 Å². The van der Waals surface area contributed by atoms with Gasteiger partial charge in [0.05, 0.1) is 11.8 Å². The molecule has 2 aliphatic carbocycles. The number of hydrogen-bond acceptors (Lipinski definition) is 5. The van der Waals surface area contributed by atoms with Crippen LogP contribution in [-0.2, 0) is 23.9 Å². The summed E-state index contributed by atoms with van der Waals surface area (Å²) in [6.45, 7) is 2.87. The van der Waals surface area contributed by atoms with Crippen molar-refractivity contribution in [3.8, 4) is 0 Å². The standard InChI is InChI=1S/C21H21Br3N2O5/c1-8-3-10(4-9(2)17(8)22)25-13(27)7-31-14(28)6-26-20(29)15-11-5-12(16(15)21(26)30)19(24)18(11)23/h3-4,11-12,15-16,18-19H,5-7H2,1-2H3,(H,25,27)/t11-,12-,15-,16+,18+,19+/m1/s1. The van der Waals surface area contributed by atoms with Gasteiger partial charge in [-0.3, -0.25) is 24.1 Å². The predicted octanol–water partition coefficient (Wildman–Crippen LogP) is 3.33. The molecular formula is C21H21Br3N2O5. The smallest absolute Gasteiger partial charge is 0.326 e. The number of carbonyl (C=O) groups is 4. The van der Waals surface area contributed by atoms with Crippen molar-refractivity contribution in [2.75, 3.05) is 18.5 Å². The Bertz CT molecular complexity index is 929. The first kappa shape index (κ1) is 22.9. The van der Waals surface area contributed by atoms with Crippen LogP contribution < -0.4 is 5.32 Å². The molecule has 2 bridgehead atoms. The second-order valence-electron chi connectivity index (χ2n) is 8.40. The van der Waals surface area contributed by atoms with E-state index in [0.717, 1.165) is 26.9 Å². The van der Waals surface area contributed by atoms with Gasteiger partial charge in [0.15, 0.2) is 6.61 Å². The second kappa shape index (κ2) is 8.59. The van der Waals surface area contributed by atoms with Gasteiger partial charge in [-0.15, -0.1) is 0 Å². The predicted molar refractivity (Wildman–Crippen MR) is 124 cm³/mol. The van der Waals surface area contributed by atoms with E-state index in [4.69, 9.17) is 4.74 Å². The first-order valence-electron chi connectivity index (χ1n) is 9.95. The molecule has 1 N–H and O–H groups in total. The summed E-state index contributed by atoms with van der Waals surface area (Å²) in [7, 11) is 0. The summed E-state index contributed by atoms with van der Waals surface area (Å²) >= 11 is 10.7. The SMILES string of the molecule is Cc1cc(NC(=O)COC(=O)CN2C(=O)[C@@H]3[C@H]4C[C@@H]([C@H](Br)[C@H]4Br)[C@@H]3C2=O)cc(C)c1Br. The summed E-state index contributed by atoms with van der Waals surface area (Å²) in [6.07, 6.45) is 0.826. The number of benzene rings is 1. The Morgan fingerprint density at radius 2 is 1.58 bits per heavy atom. The summed E-state index contributed by atoms with van der Waals surface area (Å²) in [6, 6.07) is 3.61. The monoisotopic (exact) mass is 618 g/mol. The Kier molecular flexibility index (Phi) is 6.35. The van der Waals surface area contributed by atoms with Crippen LogP contribution in [0.3, 0.4) is 0 Å². The van der Waals surface area contributed by atoms with Crippen LogP contribution in [-0.4, -0.2) is 51.4 Å². The van der Waals surface area contributed by atoms with Crippen LogP contribution in [0.25, 0.3) is 0 Å². The average molecular weight is 621 g/mol.